The van der Waals surface area contributed by atoms with Crippen molar-refractivity contribution >= 4 is 55.8 Å². The molecule has 3 heterocycles. The van der Waals surface area contributed by atoms with Gasteiger partial charge in [-0.2, -0.15) is 0 Å². The molecule has 0 aliphatic carbocycles. The predicted octanol–water partition coefficient (Wildman–Crippen LogP) is 6.76. The van der Waals surface area contributed by atoms with Crippen LogP contribution < -0.4 is 9.04 Å². The fourth-order valence-corrected chi connectivity index (χ4v) is 7.26. The third-order valence-electron chi connectivity index (χ3n) is 7.18. The van der Waals surface area contributed by atoms with E-state index in [4.69, 9.17) is 42.1 Å². The maximum absolute atomic E-state index is 13.9. The largest absolute Gasteiger partial charge is 0.468 e. The first-order valence-corrected chi connectivity index (χ1v) is 17.2. The fraction of sp³-hybridized carbons (Fsp3) is 0.265. The highest BCUT2D eigenvalue weighted by Gasteiger charge is 2.31. The van der Waals surface area contributed by atoms with Crippen LogP contribution in [0.1, 0.15) is 32.6 Å². The number of nitrogens with zero attached hydrogens (tertiary/aromatic N) is 4. The predicted molar refractivity (Wildman–Crippen MR) is 181 cm³/mol. The molecule has 6 rings (SSSR count). The molecular formula is C34H32Cl2N4O7S. The number of carbonyl (C=O) groups is 1. The van der Waals surface area contributed by atoms with Crippen molar-refractivity contribution in [3.05, 3.63) is 107 Å². The number of hydrogen-bond donors (Lipinski definition) is 0. The highest BCUT2D eigenvalue weighted by atomic mass is 35.5. The zero-order chi connectivity index (χ0) is 34.1. The van der Waals surface area contributed by atoms with Crippen molar-refractivity contribution in [1.29, 1.82) is 0 Å². The number of hydrogen-bond acceptors (Lipinski definition) is 9. The number of sulfonamides is 1. The Balaban J connectivity index is 1.21. The molecule has 11 nitrogen and oxygen atoms in total. The number of aromatic nitrogens is 3. The second kappa shape index (κ2) is 13.7. The van der Waals surface area contributed by atoms with Gasteiger partial charge in [0.25, 0.3) is 10.0 Å². The number of fused-ring (bicyclic) bond motifs is 1. The smallest absolute Gasteiger partial charge is 0.327 e. The Bertz CT molecular complexity index is 2010. The van der Waals surface area contributed by atoms with Crippen LogP contribution >= 0.6 is 23.2 Å². The molecule has 0 saturated carbocycles. The van der Waals surface area contributed by atoms with E-state index < -0.39 is 34.4 Å². The number of ether oxygens (including phenoxy) is 4. The standard InChI is InChI=1S/C34H32Cl2N4O7S/c1-34(2,3)47-32(41)19-40(48(42,43)28-17-24(35)16-25(36)18-28)26-9-10-29-23(15-26)13-14-39(29)30-11-12-31(38-37-30)46-27-20-44-33(45-21-27)22-7-5-4-6-8-22/h4-18,27,33H,19-21H2,1-3H3. The Kier molecular flexibility index (Phi) is 9.64. The van der Waals surface area contributed by atoms with Crippen LogP contribution in [0, 0.1) is 0 Å². The Morgan fingerprint density at radius 3 is 2.29 bits per heavy atom. The van der Waals surface area contributed by atoms with Crippen LogP contribution in [0.25, 0.3) is 16.7 Å². The van der Waals surface area contributed by atoms with Gasteiger partial charge in [0.15, 0.2) is 12.1 Å². The van der Waals surface area contributed by atoms with E-state index >= 15 is 0 Å². The van der Waals surface area contributed by atoms with E-state index in [2.05, 4.69) is 10.2 Å². The zero-order valence-corrected chi connectivity index (χ0v) is 28.6. The summed E-state index contributed by atoms with van der Waals surface area (Å²) in [5.41, 5.74) is 1.08. The highest BCUT2D eigenvalue weighted by Crippen LogP contribution is 2.32. The summed E-state index contributed by atoms with van der Waals surface area (Å²) in [4.78, 5) is 12.7. The van der Waals surface area contributed by atoms with Gasteiger partial charge in [-0.3, -0.25) is 13.7 Å². The third-order valence-corrected chi connectivity index (χ3v) is 9.37. The Hall–Kier alpha value is -4.20. The van der Waals surface area contributed by atoms with Gasteiger partial charge in [0, 0.05) is 33.3 Å². The first-order valence-electron chi connectivity index (χ1n) is 15.0. The molecule has 48 heavy (non-hydrogen) atoms. The quantitative estimate of drug-likeness (QED) is 0.153. The molecule has 0 radical (unpaired) electrons. The monoisotopic (exact) mass is 710 g/mol. The molecule has 0 atom stereocenters. The van der Waals surface area contributed by atoms with Crippen molar-refractivity contribution in [2.75, 3.05) is 24.1 Å². The number of rotatable bonds is 9. The van der Waals surface area contributed by atoms with E-state index in [1.54, 1.807) is 67.9 Å². The second-order valence-corrected chi connectivity index (χ2v) is 14.7. The van der Waals surface area contributed by atoms with Gasteiger partial charge in [-0.25, -0.2) is 8.42 Å². The molecule has 2 aromatic heterocycles. The van der Waals surface area contributed by atoms with Crippen LogP contribution in [0.3, 0.4) is 0 Å². The summed E-state index contributed by atoms with van der Waals surface area (Å²) >= 11 is 12.3. The lowest BCUT2D eigenvalue weighted by molar-refractivity contribution is -0.216. The van der Waals surface area contributed by atoms with E-state index in [9.17, 15) is 13.2 Å². The van der Waals surface area contributed by atoms with E-state index in [0.29, 0.717) is 30.3 Å². The van der Waals surface area contributed by atoms with Crippen molar-refractivity contribution in [3.63, 3.8) is 0 Å². The lowest BCUT2D eigenvalue weighted by Crippen LogP contribution is -2.39. The van der Waals surface area contributed by atoms with Gasteiger partial charge >= 0.3 is 5.97 Å². The molecule has 0 amide bonds. The summed E-state index contributed by atoms with van der Waals surface area (Å²) in [5.74, 6) is 0.103. The lowest BCUT2D eigenvalue weighted by Gasteiger charge is -2.29. The zero-order valence-electron chi connectivity index (χ0n) is 26.2. The average Bonchev–Trinajstić information content (AvgIpc) is 3.47. The normalized spacial score (nSPS) is 16.9. The van der Waals surface area contributed by atoms with Crippen molar-refractivity contribution in [1.82, 2.24) is 14.8 Å². The van der Waals surface area contributed by atoms with E-state index in [0.717, 1.165) is 15.4 Å². The summed E-state index contributed by atoms with van der Waals surface area (Å²) in [5, 5.41) is 9.54. The van der Waals surface area contributed by atoms with Gasteiger partial charge < -0.3 is 18.9 Å². The molecule has 0 N–H and O–H groups in total. The van der Waals surface area contributed by atoms with Gasteiger partial charge in [-0.15, -0.1) is 10.2 Å². The summed E-state index contributed by atoms with van der Waals surface area (Å²) < 4.78 is 53.6. The van der Waals surface area contributed by atoms with Gasteiger partial charge in [-0.1, -0.05) is 53.5 Å². The number of anilines is 1. The first-order chi connectivity index (χ1) is 22.9. The molecule has 1 fully saturated rings. The molecule has 0 unspecified atom stereocenters. The van der Waals surface area contributed by atoms with Gasteiger partial charge in [-0.05, 0) is 69.3 Å². The van der Waals surface area contributed by atoms with Crippen LogP contribution in [0.5, 0.6) is 5.88 Å². The third kappa shape index (κ3) is 7.74. The number of esters is 1. The summed E-state index contributed by atoms with van der Waals surface area (Å²) in [6.07, 6.45) is 0.996. The van der Waals surface area contributed by atoms with Crippen molar-refractivity contribution < 1.29 is 32.2 Å². The summed E-state index contributed by atoms with van der Waals surface area (Å²) in [6.45, 7) is 5.20. The molecule has 1 saturated heterocycles. The first kappa shape index (κ1) is 33.7. The van der Waals surface area contributed by atoms with Crippen LogP contribution in [0.4, 0.5) is 5.69 Å². The maximum atomic E-state index is 13.9. The van der Waals surface area contributed by atoms with E-state index in [1.165, 1.54) is 18.2 Å². The van der Waals surface area contributed by atoms with Crippen molar-refractivity contribution in [3.8, 4) is 11.7 Å². The van der Waals surface area contributed by atoms with E-state index in [-0.39, 0.29) is 26.7 Å². The van der Waals surface area contributed by atoms with Crippen molar-refractivity contribution in [2.45, 2.75) is 43.7 Å². The van der Waals surface area contributed by atoms with Gasteiger partial charge in [0.2, 0.25) is 5.88 Å². The van der Waals surface area contributed by atoms with Crippen LogP contribution in [0.2, 0.25) is 10.0 Å². The molecule has 3 aromatic carbocycles. The minimum atomic E-state index is -4.30. The maximum Gasteiger partial charge on any atom is 0.327 e. The highest BCUT2D eigenvalue weighted by molar-refractivity contribution is 7.92. The topological polar surface area (TPSA) is 122 Å². The molecule has 1 aliphatic heterocycles. The summed E-state index contributed by atoms with van der Waals surface area (Å²) in [7, 11) is -4.30. The second-order valence-electron chi connectivity index (χ2n) is 12.0. The molecule has 1 aliphatic rings. The lowest BCUT2D eigenvalue weighted by atomic mass is 10.2. The Morgan fingerprint density at radius 1 is 0.938 bits per heavy atom. The molecule has 5 aromatic rings. The number of benzene rings is 3. The van der Waals surface area contributed by atoms with Crippen LogP contribution in [-0.4, -0.2) is 60.6 Å². The number of carbonyl (C=O) groups excluding carboxylic acids is 1. The molecule has 250 valence electrons. The van der Waals surface area contributed by atoms with Gasteiger partial charge in [0.05, 0.1) is 29.3 Å². The molecule has 0 bridgehead atoms. The SMILES string of the molecule is CC(C)(C)OC(=O)CN(c1ccc2c(ccn2-c2ccc(OC3COC(c4ccccc4)OC3)nn2)c1)S(=O)(=O)c1cc(Cl)cc(Cl)c1. The van der Waals surface area contributed by atoms with Gasteiger partial charge in [0.1, 0.15) is 18.2 Å². The minimum absolute atomic E-state index is 0.139. The minimum Gasteiger partial charge on any atom is -0.468 e. The molecule has 14 heteroatoms. The van der Waals surface area contributed by atoms with Crippen molar-refractivity contribution in [2.24, 2.45) is 0 Å². The number of halogens is 2. The molecular weight excluding hydrogens is 679 g/mol. The van der Waals surface area contributed by atoms with Crippen LogP contribution in [-0.2, 0) is 29.0 Å². The van der Waals surface area contributed by atoms with E-state index in [1.807, 2.05) is 30.3 Å². The Labute approximate surface area is 287 Å². The fourth-order valence-electron chi connectivity index (χ4n) is 5.13. The van der Waals surface area contributed by atoms with Crippen LogP contribution in [0.15, 0.2) is 96.0 Å². The summed E-state index contributed by atoms with van der Waals surface area (Å²) in [6, 6.07) is 23.9. The Morgan fingerprint density at radius 2 is 1.65 bits per heavy atom. The molecule has 0 spiro atoms. The average molecular weight is 712 g/mol.